The van der Waals surface area contributed by atoms with E-state index in [2.05, 4.69) is 15.1 Å². The minimum absolute atomic E-state index is 0.531. The first-order valence-corrected chi connectivity index (χ1v) is 8.49. The van der Waals surface area contributed by atoms with Crippen molar-refractivity contribution in [1.82, 2.24) is 19.7 Å². The molecule has 0 bridgehead atoms. The molecule has 6 heteroatoms. The van der Waals surface area contributed by atoms with Crippen LogP contribution in [0.3, 0.4) is 0 Å². The highest BCUT2D eigenvalue weighted by atomic mass is 32.2. The number of hydrogen-bond acceptors (Lipinski definition) is 5. The number of aryl methyl sites for hydroxylation is 1. The van der Waals surface area contributed by atoms with Crippen molar-refractivity contribution in [2.24, 2.45) is 7.05 Å². The minimum Gasteiger partial charge on any atom is -0.384 e. The van der Waals surface area contributed by atoms with Gasteiger partial charge in [0, 0.05) is 30.1 Å². The SMILES string of the molecule is Cn1cc(-c2cc(N)nc(CSC3CCCCC3)n2)cn1. The van der Waals surface area contributed by atoms with E-state index in [0.29, 0.717) is 5.82 Å². The quantitative estimate of drug-likeness (QED) is 0.940. The van der Waals surface area contributed by atoms with Crippen LogP contribution in [0.25, 0.3) is 11.3 Å². The summed E-state index contributed by atoms with van der Waals surface area (Å²) < 4.78 is 1.77. The second kappa shape index (κ2) is 6.47. The van der Waals surface area contributed by atoms with Gasteiger partial charge in [-0.25, -0.2) is 9.97 Å². The maximum Gasteiger partial charge on any atom is 0.141 e. The lowest BCUT2D eigenvalue weighted by Gasteiger charge is -2.20. The molecule has 0 amide bonds. The number of hydrogen-bond donors (Lipinski definition) is 1. The van der Waals surface area contributed by atoms with Crippen molar-refractivity contribution in [3.8, 4) is 11.3 Å². The highest BCUT2D eigenvalue weighted by Crippen LogP contribution is 2.30. The number of thioether (sulfide) groups is 1. The van der Waals surface area contributed by atoms with Crippen LogP contribution in [0.1, 0.15) is 37.9 Å². The molecule has 0 aliphatic heterocycles. The molecule has 0 spiro atoms. The molecule has 0 radical (unpaired) electrons. The number of aromatic nitrogens is 4. The van der Waals surface area contributed by atoms with Crippen LogP contribution in [0, 0.1) is 0 Å². The van der Waals surface area contributed by atoms with Crippen LogP contribution in [-0.2, 0) is 12.8 Å². The van der Waals surface area contributed by atoms with Crippen LogP contribution < -0.4 is 5.73 Å². The summed E-state index contributed by atoms with van der Waals surface area (Å²) in [7, 11) is 1.90. The number of anilines is 1. The van der Waals surface area contributed by atoms with Gasteiger partial charge in [-0.2, -0.15) is 16.9 Å². The normalized spacial score (nSPS) is 16.2. The zero-order valence-corrected chi connectivity index (χ0v) is 13.1. The fraction of sp³-hybridized carbons (Fsp3) is 0.533. The Morgan fingerprint density at radius 3 is 2.81 bits per heavy atom. The Labute approximate surface area is 129 Å². The highest BCUT2D eigenvalue weighted by Gasteiger charge is 2.15. The van der Waals surface area contributed by atoms with E-state index >= 15 is 0 Å². The summed E-state index contributed by atoms with van der Waals surface area (Å²) in [5, 5.41) is 4.94. The Bertz CT molecular complexity index is 604. The molecule has 0 unspecified atom stereocenters. The summed E-state index contributed by atoms with van der Waals surface area (Å²) >= 11 is 1.97. The summed E-state index contributed by atoms with van der Waals surface area (Å²) in [5.74, 6) is 2.19. The van der Waals surface area contributed by atoms with Gasteiger partial charge in [0.25, 0.3) is 0 Å². The monoisotopic (exact) mass is 303 g/mol. The molecule has 1 fully saturated rings. The van der Waals surface area contributed by atoms with E-state index < -0.39 is 0 Å². The lowest BCUT2D eigenvalue weighted by Crippen LogP contribution is -2.09. The Balaban J connectivity index is 1.71. The minimum atomic E-state index is 0.531. The van der Waals surface area contributed by atoms with Crippen molar-refractivity contribution < 1.29 is 0 Å². The molecule has 5 nitrogen and oxygen atoms in total. The predicted octanol–water partition coefficient (Wildman–Crippen LogP) is 3.03. The molecule has 1 aliphatic carbocycles. The standard InChI is InChI=1S/C15H21N5S/c1-20-9-11(8-17-20)13-7-14(16)19-15(18-13)10-21-12-5-3-2-4-6-12/h7-9,12H,2-6,10H2,1H3,(H2,16,18,19). The Morgan fingerprint density at radius 2 is 2.10 bits per heavy atom. The molecule has 21 heavy (non-hydrogen) atoms. The van der Waals surface area contributed by atoms with Crippen molar-refractivity contribution >= 4 is 17.6 Å². The van der Waals surface area contributed by atoms with Crippen molar-refractivity contribution in [2.75, 3.05) is 5.73 Å². The van der Waals surface area contributed by atoms with Crippen LogP contribution in [-0.4, -0.2) is 25.0 Å². The number of rotatable bonds is 4. The highest BCUT2D eigenvalue weighted by molar-refractivity contribution is 7.99. The Morgan fingerprint density at radius 1 is 1.29 bits per heavy atom. The molecule has 0 saturated heterocycles. The largest absolute Gasteiger partial charge is 0.384 e. The van der Waals surface area contributed by atoms with Gasteiger partial charge in [-0.3, -0.25) is 4.68 Å². The van der Waals surface area contributed by atoms with E-state index in [1.807, 2.05) is 31.1 Å². The second-order valence-corrected chi connectivity index (χ2v) is 6.86. The third kappa shape index (κ3) is 3.75. The maximum absolute atomic E-state index is 5.92. The van der Waals surface area contributed by atoms with Gasteiger partial charge in [-0.05, 0) is 12.8 Å². The van der Waals surface area contributed by atoms with E-state index in [4.69, 9.17) is 5.73 Å². The maximum atomic E-state index is 5.92. The topological polar surface area (TPSA) is 69.6 Å². The van der Waals surface area contributed by atoms with Crippen LogP contribution in [0.2, 0.25) is 0 Å². The summed E-state index contributed by atoms with van der Waals surface area (Å²) in [6.45, 7) is 0. The van der Waals surface area contributed by atoms with Crippen molar-refractivity contribution in [3.63, 3.8) is 0 Å². The average Bonchev–Trinajstić information content (AvgIpc) is 2.92. The number of nitrogen functional groups attached to an aromatic ring is 1. The molecule has 2 aromatic rings. The lowest BCUT2D eigenvalue weighted by molar-refractivity contribution is 0.516. The first-order valence-electron chi connectivity index (χ1n) is 7.45. The average molecular weight is 303 g/mol. The first-order chi connectivity index (χ1) is 10.2. The van der Waals surface area contributed by atoms with Crippen molar-refractivity contribution in [3.05, 3.63) is 24.3 Å². The van der Waals surface area contributed by atoms with Gasteiger partial charge < -0.3 is 5.73 Å². The van der Waals surface area contributed by atoms with Gasteiger partial charge in [0.2, 0.25) is 0 Å². The van der Waals surface area contributed by atoms with Gasteiger partial charge in [0.05, 0.1) is 17.6 Å². The summed E-state index contributed by atoms with van der Waals surface area (Å²) in [4.78, 5) is 9.01. The lowest BCUT2D eigenvalue weighted by atomic mass is 10.0. The summed E-state index contributed by atoms with van der Waals surface area (Å²) in [5.41, 5.74) is 7.76. The third-order valence-electron chi connectivity index (χ3n) is 3.79. The zero-order chi connectivity index (χ0) is 14.7. The van der Waals surface area contributed by atoms with Gasteiger partial charge in [-0.15, -0.1) is 0 Å². The van der Waals surface area contributed by atoms with Crippen LogP contribution in [0.5, 0.6) is 0 Å². The summed E-state index contributed by atoms with van der Waals surface area (Å²) in [6, 6.07) is 1.81. The number of nitrogens with zero attached hydrogens (tertiary/aromatic N) is 4. The molecular weight excluding hydrogens is 282 g/mol. The molecule has 0 aromatic carbocycles. The van der Waals surface area contributed by atoms with E-state index in [9.17, 15) is 0 Å². The number of nitrogens with two attached hydrogens (primary N) is 1. The molecule has 2 heterocycles. The van der Waals surface area contributed by atoms with E-state index in [1.165, 1.54) is 32.1 Å². The van der Waals surface area contributed by atoms with E-state index in [1.54, 1.807) is 10.9 Å². The van der Waals surface area contributed by atoms with Gasteiger partial charge >= 0.3 is 0 Å². The molecule has 2 aromatic heterocycles. The van der Waals surface area contributed by atoms with Crippen molar-refractivity contribution in [2.45, 2.75) is 43.1 Å². The molecular formula is C15H21N5S. The molecule has 0 atom stereocenters. The van der Waals surface area contributed by atoms with E-state index in [0.717, 1.165) is 28.1 Å². The molecule has 1 saturated carbocycles. The van der Waals surface area contributed by atoms with Gasteiger partial charge in [-0.1, -0.05) is 19.3 Å². The van der Waals surface area contributed by atoms with Crippen LogP contribution in [0.15, 0.2) is 18.5 Å². The van der Waals surface area contributed by atoms with Crippen LogP contribution in [0.4, 0.5) is 5.82 Å². The molecule has 2 N–H and O–H groups in total. The second-order valence-electron chi connectivity index (χ2n) is 5.57. The fourth-order valence-corrected chi connectivity index (χ4v) is 3.89. The fourth-order valence-electron chi connectivity index (χ4n) is 2.71. The summed E-state index contributed by atoms with van der Waals surface area (Å²) in [6.07, 6.45) is 10.5. The molecule has 3 rings (SSSR count). The van der Waals surface area contributed by atoms with Crippen LogP contribution >= 0.6 is 11.8 Å². The third-order valence-corrected chi connectivity index (χ3v) is 5.16. The van der Waals surface area contributed by atoms with E-state index in [-0.39, 0.29) is 0 Å². The smallest absolute Gasteiger partial charge is 0.141 e. The van der Waals surface area contributed by atoms with Crippen molar-refractivity contribution in [1.29, 1.82) is 0 Å². The molecule has 1 aliphatic rings. The van der Waals surface area contributed by atoms with Gasteiger partial charge in [0.1, 0.15) is 11.6 Å². The first kappa shape index (κ1) is 14.4. The molecule has 112 valence electrons. The Kier molecular flexibility index (Phi) is 4.43. The van der Waals surface area contributed by atoms with Gasteiger partial charge in [0.15, 0.2) is 0 Å². The predicted molar refractivity (Wildman–Crippen MR) is 86.8 cm³/mol. The zero-order valence-electron chi connectivity index (χ0n) is 12.3. The Hall–Kier alpha value is -1.56.